The van der Waals surface area contributed by atoms with Crippen LogP contribution in [0.5, 0.6) is 0 Å². The Kier molecular flexibility index (Phi) is 5.47. The zero-order valence-electron chi connectivity index (χ0n) is 11.9. The van der Waals surface area contributed by atoms with Crippen LogP contribution in [0.3, 0.4) is 0 Å². The number of ether oxygens (including phenoxy) is 1. The van der Waals surface area contributed by atoms with Crippen molar-refractivity contribution in [1.29, 1.82) is 0 Å². The molecule has 3 nitrogen and oxygen atoms in total. The van der Waals surface area contributed by atoms with Crippen LogP contribution in [0.1, 0.15) is 54.4 Å². The van der Waals surface area contributed by atoms with Crippen LogP contribution in [0.2, 0.25) is 0 Å². The molecule has 0 aliphatic rings. The molecule has 0 saturated carbocycles. The molecule has 0 unspecified atom stereocenters. The highest BCUT2D eigenvalue weighted by Crippen LogP contribution is 2.17. The Labute approximate surface area is 100 Å². The van der Waals surface area contributed by atoms with Crippen LogP contribution in [0.15, 0.2) is 0 Å². The molecule has 0 heterocycles. The Morgan fingerprint density at radius 3 is 2.06 bits per heavy atom. The van der Waals surface area contributed by atoms with Gasteiger partial charge in [0.15, 0.2) is 0 Å². The van der Waals surface area contributed by atoms with E-state index in [1.807, 2.05) is 27.8 Å². The summed E-state index contributed by atoms with van der Waals surface area (Å²) in [4.78, 5) is 13.7. The van der Waals surface area contributed by atoms with Crippen LogP contribution >= 0.6 is 0 Å². The van der Waals surface area contributed by atoms with Gasteiger partial charge in [0.1, 0.15) is 5.60 Å². The third-order valence-electron chi connectivity index (χ3n) is 2.97. The summed E-state index contributed by atoms with van der Waals surface area (Å²) in [6.45, 7) is 12.9. The predicted molar refractivity (Wildman–Crippen MR) is 67.5 cm³/mol. The summed E-state index contributed by atoms with van der Waals surface area (Å²) in [5.41, 5.74) is -0.238. The number of rotatable bonds is 5. The van der Waals surface area contributed by atoms with Gasteiger partial charge >= 0.3 is 5.97 Å². The van der Waals surface area contributed by atoms with Gasteiger partial charge in [-0.15, -0.1) is 0 Å². The lowest BCUT2D eigenvalue weighted by molar-refractivity contribution is -0.155. The van der Waals surface area contributed by atoms with Gasteiger partial charge in [0.05, 0.1) is 6.42 Å². The highest BCUT2D eigenvalue weighted by molar-refractivity contribution is 5.70. The fraction of sp³-hybridized carbons (Fsp3) is 0.923. The van der Waals surface area contributed by atoms with Gasteiger partial charge in [-0.1, -0.05) is 6.92 Å². The monoisotopic (exact) mass is 229 g/mol. The second kappa shape index (κ2) is 5.67. The Balaban J connectivity index is 4.02. The van der Waals surface area contributed by atoms with Crippen molar-refractivity contribution in [2.45, 2.75) is 65.5 Å². The minimum atomic E-state index is -0.379. The lowest BCUT2D eigenvalue weighted by Gasteiger charge is -2.34. The van der Waals surface area contributed by atoms with E-state index >= 15 is 0 Å². The molecular formula is C13H27NO2. The van der Waals surface area contributed by atoms with Crippen LogP contribution in [-0.4, -0.2) is 35.6 Å². The summed E-state index contributed by atoms with van der Waals surface area (Å²) < 4.78 is 5.27. The topological polar surface area (TPSA) is 29.5 Å². The Morgan fingerprint density at radius 2 is 1.69 bits per heavy atom. The first kappa shape index (κ1) is 15.4. The number of carbonyl (C=O) groups is 1. The van der Waals surface area contributed by atoms with Gasteiger partial charge in [-0.05, 0) is 48.1 Å². The third kappa shape index (κ3) is 6.11. The number of esters is 1. The second-order valence-corrected chi connectivity index (χ2v) is 5.92. The third-order valence-corrected chi connectivity index (χ3v) is 2.97. The van der Waals surface area contributed by atoms with E-state index in [2.05, 4.69) is 25.7 Å². The largest absolute Gasteiger partial charge is 0.460 e. The average molecular weight is 229 g/mol. The maximum atomic E-state index is 11.5. The van der Waals surface area contributed by atoms with Crippen molar-refractivity contribution in [3.63, 3.8) is 0 Å². The first-order valence-corrected chi connectivity index (χ1v) is 6.01. The molecule has 0 aromatic heterocycles. The number of carbonyl (C=O) groups excluding carboxylic acids is 1. The van der Waals surface area contributed by atoms with Crippen molar-refractivity contribution in [1.82, 2.24) is 4.90 Å². The molecule has 0 aliphatic carbocycles. The summed E-state index contributed by atoms with van der Waals surface area (Å²) in [7, 11) is 2.05. The van der Waals surface area contributed by atoms with Crippen LogP contribution in [0, 0.1) is 0 Å². The van der Waals surface area contributed by atoms with Crippen molar-refractivity contribution in [3.05, 3.63) is 0 Å². The predicted octanol–water partition coefficient (Wildman–Crippen LogP) is 2.84. The first-order chi connectivity index (χ1) is 7.08. The zero-order chi connectivity index (χ0) is 13.0. The molecule has 0 aromatic rings. The number of nitrogens with zero attached hydrogens (tertiary/aromatic N) is 1. The summed E-state index contributed by atoms with van der Waals surface area (Å²) >= 11 is 0. The van der Waals surface area contributed by atoms with Crippen molar-refractivity contribution >= 4 is 5.97 Å². The second-order valence-electron chi connectivity index (χ2n) is 5.92. The first-order valence-electron chi connectivity index (χ1n) is 6.01. The smallest absolute Gasteiger partial charge is 0.307 e. The van der Waals surface area contributed by atoms with Crippen molar-refractivity contribution in [2.24, 2.45) is 0 Å². The minimum Gasteiger partial charge on any atom is -0.460 e. The average Bonchev–Trinajstić information content (AvgIpc) is 2.11. The highest BCUT2D eigenvalue weighted by atomic mass is 16.6. The van der Waals surface area contributed by atoms with E-state index in [-0.39, 0.29) is 17.1 Å². The van der Waals surface area contributed by atoms with Crippen molar-refractivity contribution in [3.8, 4) is 0 Å². The van der Waals surface area contributed by atoms with Gasteiger partial charge in [0.2, 0.25) is 0 Å². The Hall–Kier alpha value is -0.570. The maximum Gasteiger partial charge on any atom is 0.307 e. The standard InChI is InChI=1S/C13H27NO2/c1-8-13(5,6)14(7)10-9-11(15)16-12(2,3)4/h8-10H2,1-7H3. The normalized spacial score (nSPS) is 13.0. The van der Waals surface area contributed by atoms with E-state index in [1.165, 1.54) is 0 Å². The molecule has 0 amide bonds. The Morgan fingerprint density at radius 1 is 1.19 bits per heavy atom. The SMILES string of the molecule is CCC(C)(C)N(C)CCC(=O)OC(C)(C)C. The zero-order valence-corrected chi connectivity index (χ0v) is 11.9. The molecular weight excluding hydrogens is 202 g/mol. The molecule has 0 radical (unpaired) electrons. The van der Waals surface area contributed by atoms with E-state index in [0.29, 0.717) is 6.42 Å². The fourth-order valence-corrected chi connectivity index (χ4v) is 1.22. The van der Waals surface area contributed by atoms with E-state index in [1.54, 1.807) is 0 Å². The molecule has 0 rings (SSSR count). The van der Waals surface area contributed by atoms with Gasteiger partial charge in [-0.3, -0.25) is 4.79 Å². The van der Waals surface area contributed by atoms with Crippen LogP contribution in [-0.2, 0) is 9.53 Å². The van der Waals surface area contributed by atoms with Gasteiger partial charge in [-0.25, -0.2) is 0 Å². The van der Waals surface area contributed by atoms with E-state index in [9.17, 15) is 4.79 Å². The number of hydrogen-bond donors (Lipinski definition) is 0. The van der Waals surface area contributed by atoms with Crippen LogP contribution in [0.4, 0.5) is 0 Å². The lowest BCUT2D eigenvalue weighted by Crippen LogP contribution is -2.41. The summed E-state index contributed by atoms with van der Waals surface area (Å²) in [5, 5.41) is 0. The number of hydrogen-bond acceptors (Lipinski definition) is 3. The van der Waals surface area contributed by atoms with E-state index in [4.69, 9.17) is 4.74 Å². The summed E-state index contributed by atoms with van der Waals surface area (Å²) in [6, 6.07) is 0. The molecule has 16 heavy (non-hydrogen) atoms. The lowest BCUT2D eigenvalue weighted by atomic mass is 10.00. The van der Waals surface area contributed by atoms with E-state index < -0.39 is 0 Å². The maximum absolute atomic E-state index is 11.5. The molecule has 0 N–H and O–H groups in total. The van der Waals surface area contributed by atoms with Gasteiger partial charge < -0.3 is 9.64 Å². The molecule has 0 bridgehead atoms. The van der Waals surface area contributed by atoms with Gasteiger partial charge in [0, 0.05) is 12.1 Å². The molecule has 0 aliphatic heterocycles. The molecule has 0 saturated heterocycles. The molecule has 0 spiro atoms. The molecule has 0 aromatic carbocycles. The van der Waals surface area contributed by atoms with Crippen LogP contribution in [0.25, 0.3) is 0 Å². The van der Waals surface area contributed by atoms with Crippen molar-refractivity contribution in [2.75, 3.05) is 13.6 Å². The fourth-order valence-electron chi connectivity index (χ4n) is 1.22. The van der Waals surface area contributed by atoms with Gasteiger partial charge in [0.25, 0.3) is 0 Å². The molecule has 0 atom stereocenters. The molecule has 96 valence electrons. The Bertz CT molecular complexity index is 229. The highest BCUT2D eigenvalue weighted by Gasteiger charge is 2.22. The molecule has 3 heteroatoms. The summed E-state index contributed by atoms with van der Waals surface area (Å²) in [6.07, 6.45) is 1.52. The minimum absolute atomic E-state index is 0.119. The summed E-state index contributed by atoms with van der Waals surface area (Å²) in [5.74, 6) is -0.119. The quantitative estimate of drug-likeness (QED) is 0.679. The van der Waals surface area contributed by atoms with Crippen LogP contribution < -0.4 is 0 Å². The van der Waals surface area contributed by atoms with Crippen molar-refractivity contribution < 1.29 is 9.53 Å². The molecule has 0 fully saturated rings. The van der Waals surface area contributed by atoms with Gasteiger partial charge in [-0.2, -0.15) is 0 Å². The van der Waals surface area contributed by atoms with E-state index in [0.717, 1.165) is 13.0 Å².